The first-order valence-corrected chi connectivity index (χ1v) is 13.6. The van der Waals surface area contributed by atoms with Gasteiger partial charge in [-0.15, -0.1) is 0 Å². The van der Waals surface area contributed by atoms with E-state index in [-0.39, 0.29) is 39.8 Å². The van der Waals surface area contributed by atoms with Crippen molar-refractivity contribution in [3.8, 4) is 28.8 Å². The second-order valence-corrected chi connectivity index (χ2v) is 10.3. The quantitative estimate of drug-likeness (QED) is 0.0966. The fraction of sp³-hybridized carbons (Fsp3) is 0.0714. The smallest absolute Gasteiger partial charge is 0.416 e. The van der Waals surface area contributed by atoms with Crippen LogP contribution < -0.4 is 15.0 Å². The zero-order valence-electron chi connectivity index (χ0n) is 21.7. The highest BCUT2D eigenvalue weighted by atomic mass is 79.9. The predicted octanol–water partition coefficient (Wildman–Crippen LogP) is 7.59. The van der Waals surface area contributed by atoms with E-state index in [1.54, 1.807) is 24.3 Å². The van der Waals surface area contributed by atoms with Crippen LogP contribution in [0.25, 0.3) is 22.3 Å². The number of hydrogen-bond donors (Lipinski definition) is 0. The standard InChI is InChI=1S/C28H16Br2F3N5O5/c1-42-21-12-16(23(29)24(30)25(21)43-22-10-9-18(14-34-22)38(40)41)13-35-37-26(15-5-4-6-17(11-15)28(31,32)33)36-20-8-3-2-7-19(20)27(37)39/h2-14H,1H3. The van der Waals surface area contributed by atoms with Gasteiger partial charge in [-0.2, -0.15) is 22.9 Å². The summed E-state index contributed by atoms with van der Waals surface area (Å²) in [6, 6.07) is 15.0. The molecule has 0 atom stereocenters. The van der Waals surface area contributed by atoms with Gasteiger partial charge in [0.2, 0.25) is 5.88 Å². The number of methoxy groups -OCH3 is 1. The Hall–Kier alpha value is -4.63. The summed E-state index contributed by atoms with van der Waals surface area (Å²) >= 11 is 6.89. The van der Waals surface area contributed by atoms with Gasteiger partial charge in [0.15, 0.2) is 17.3 Å². The van der Waals surface area contributed by atoms with Crippen LogP contribution in [-0.4, -0.2) is 32.9 Å². The lowest BCUT2D eigenvalue weighted by Gasteiger charge is -2.15. The number of aromatic nitrogens is 3. The first-order chi connectivity index (χ1) is 20.5. The van der Waals surface area contributed by atoms with Crippen molar-refractivity contribution in [3.05, 3.63) is 113 Å². The number of nitro groups is 1. The molecule has 0 amide bonds. The van der Waals surface area contributed by atoms with Gasteiger partial charge < -0.3 is 9.47 Å². The van der Waals surface area contributed by atoms with E-state index >= 15 is 0 Å². The minimum absolute atomic E-state index is 0.0343. The van der Waals surface area contributed by atoms with Crippen LogP contribution in [0, 0.1) is 10.1 Å². The number of alkyl halides is 3. The van der Waals surface area contributed by atoms with Crippen molar-refractivity contribution >= 4 is 54.7 Å². The van der Waals surface area contributed by atoms with Gasteiger partial charge in [-0.3, -0.25) is 14.9 Å². The molecule has 5 aromatic rings. The molecule has 0 aliphatic carbocycles. The van der Waals surface area contributed by atoms with Crippen LogP contribution in [0.4, 0.5) is 18.9 Å². The van der Waals surface area contributed by atoms with Gasteiger partial charge in [0, 0.05) is 27.7 Å². The van der Waals surface area contributed by atoms with Gasteiger partial charge in [0.1, 0.15) is 6.20 Å². The molecule has 0 bridgehead atoms. The number of fused-ring (bicyclic) bond motifs is 1. The topological polar surface area (TPSA) is 122 Å². The van der Waals surface area contributed by atoms with E-state index in [4.69, 9.17) is 9.47 Å². The zero-order chi connectivity index (χ0) is 30.9. The second kappa shape index (κ2) is 11.9. The third kappa shape index (κ3) is 6.12. The third-order valence-corrected chi connectivity index (χ3v) is 8.17. The molecule has 0 saturated carbocycles. The van der Waals surface area contributed by atoms with Gasteiger partial charge >= 0.3 is 6.18 Å². The Morgan fingerprint density at radius 2 is 1.81 bits per heavy atom. The Morgan fingerprint density at radius 3 is 2.49 bits per heavy atom. The van der Waals surface area contributed by atoms with E-state index < -0.39 is 22.2 Å². The molecule has 0 radical (unpaired) electrons. The summed E-state index contributed by atoms with van der Waals surface area (Å²) in [6.45, 7) is 0. The van der Waals surface area contributed by atoms with Gasteiger partial charge in [-0.05, 0) is 62.2 Å². The van der Waals surface area contributed by atoms with Gasteiger partial charge in [-0.1, -0.05) is 24.3 Å². The average molecular weight is 719 g/mol. The Balaban J connectivity index is 1.60. The van der Waals surface area contributed by atoms with Crippen LogP contribution >= 0.6 is 31.9 Å². The first kappa shape index (κ1) is 29.8. The molecule has 218 valence electrons. The van der Waals surface area contributed by atoms with Gasteiger partial charge in [-0.25, -0.2) is 9.97 Å². The van der Waals surface area contributed by atoms with E-state index in [0.29, 0.717) is 20.0 Å². The number of halogens is 5. The Bertz CT molecular complexity index is 1960. The molecule has 5 rings (SSSR count). The Kier molecular flexibility index (Phi) is 8.28. The van der Waals surface area contributed by atoms with Crippen molar-refractivity contribution in [3.63, 3.8) is 0 Å². The van der Waals surface area contributed by atoms with E-state index in [0.717, 1.165) is 23.0 Å². The minimum atomic E-state index is -4.61. The highest BCUT2D eigenvalue weighted by Gasteiger charge is 2.31. The fourth-order valence-corrected chi connectivity index (χ4v) is 4.87. The molecule has 0 saturated heterocycles. The number of rotatable bonds is 7. The van der Waals surface area contributed by atoms with Crippen LogP contribution in [0.15, 0.2) is 91.8 Å². The summed E-state index contributed by atoms with van der Waals surface area (Å²) in [5.74, 6) is 0.343. The van der Waals surface area contributed by atoms with Crippen molar-refractivity contribution in [2.24, 2.45) is 5.10 Å². The lowest BCUT2D eigenvalue weighted by molar-refractivity contribution is -0.385. The van der Waals surface area contributed by atoms with E-state index in [1.165, 1.54) is 43.7 Å². The molecule has 0 unspecified atom stereocenters. The number of pyridine rings is 1. The normalized spacial score (nSPS) is 11.7. The molecule has 0 spiro atoms. The highest BCUT2D eigenvalue weighted by Crippen LogP contribution is 2.44. The minimum Gasteiger partial charge on any atom is -0.493 e. The molecule has 0 N–H and O–H groups in total. The number of nitrogens with zero attached hydrogens (tertiary/aromatic N) is 5. The molecule has 0 aliphatic heterocycles. The maximum Gasteiger partial charge on any atom is 0.416 e. The van der Waals surface area contributed by atoms with Crippen LogP contribution in [0.5, 0.6) is 17.4 Å². The number of para-hydroxylation sites is 1. The zero-order valence-corrected chi connectivity index (χ0v) is 24.8. The van der Waals surface area contributed by atoms with Crippen molar-refractivity contribution in [2.45, 2.75) is 6.18 Å². The lowest BCUT2D eigenvalue weighted by atomic mass is 10.1. The van der Waals surface area contributed by atoms with Crippen LogP contribution in [0.2, 0.25) is 0 Å². The summed E-state index contributed by atoms with van der Waals surface area (Å²) in [6.07, 6.45) is -2.26. The Morgan fingerprint density at radius 1 is 1.05 bits per heavy atom. The van der Waals surface area contributed by atoms with E-state index in [1.807, 2.05) is 0 Å². The average Bonchev–Trinajstić information content (AvgIpc) is 2.99. The highest BCUT2D eigenvalue weighted by molar-refractivity contribution is 9.13. The number of benzene rings is 3. The SMILES string of the molecule is COc1cc(C=Nn2c(-c3cccc(C(F)(F)F)c3)nc3ccccc3c2=O)c(Br)c(Br)c1Oc1ccc([N+](=O)[O-])cn1. The molecule has 10 nitrogen and oxygen atoms in total. The first-order valence-electron chi connectivity index (χ1n) is 12.1. The van der Waals surface area contributed by atoms with Crippen molar-refractivity contribution in [2.75, 3.05) is 7.11 Å². The summed E-state index contributed by atoms with van der Waals surface area (Å²) in [5, 5.41) is 15.5. The Labute approximate surface area is 256 Å². The maximum absolute atomic E-state index is 13.5. The summed E-state index contributed by atoms with van der Waals surface area (Å²) in [7, 11) is 1.39. The maximum atomic E-state index is 13.5. The summed E-state index contributed by atoms with van der Waals surface area (Å²) < 4.78 is 53.4. The summed E-state index contributed by atoms with van der Waals surface area (Å²) in [4.78, 5) is 32.2. The van der Waals surface area contributed by atoms with Crippen LogP contribution in [-0.2, 0) is 6.18 Å². The molecular formula is C28H16Br2F3N5O5. The van der Waals surface area contributed by atoms with E-state index in [9.17, 15) is 28.1 Å². The predicted molar refractivity (Wildman–Crippen MR) is 159 cm³/mol. The van der Waals surface area contributed by atoms with E-state index in [2.05, 4.69) is 46.9 Å². The molecule has 2 aromatic heterocycles. The lowest BCUT2D eigenvalue weighted by Crippen LogP contribution is -2.20. The largest absolute Gasteiger partial charge is 0.493 e. The molecular weight excluding hydrogens is 703 g/mol. The fourth-order valence-electron chi connectivity index (χ4n) is 3.96. The number of hydrogen-bond acceptors (Lipinski definition) is 8. The van der Waals surface area contributed by atoms with Crippen LogP contribution in [0.1, 0.15) is 11.1 Å². The van der Waals surface area contributed by atoms with Crippen molar-refractivity contribution in [1.29, 1.82) is 0 Å². The van der Waals surface area contributed by atoms with Gasteiger partial charge in [0.05, 0.1) is 39.2 Å². The van der Waals surface area contributed by atoms with Gasteiger partial charge in [0.25, 0.3) is 11.2 Å². The molecule has 0 aliphatic rings. The van der Waals surface area contributed by atoms with Crippen LogP contribution in [0.3, 0.4) is 0 Å². The molecule has 2 heterocycles. The second-order valence-electron chi connectivity index (χ2n) is 8.73. The molecule has 43 heavy (non-hydrogen) atoms. The van der Waals surface area contributed by atoms with Crippen molar-refractivity contribution in [1.82, 2.24) is 14.6 Å². The number of ether oxygens (including phenoxy) is 2. The molecule has 0 fully saturated rings. The monoisotopic (exact) mass is 717 g/mol. The molecule has 15 heteroatoms. The van der Waals surface area contributed by atoms with Crippen molar-refractivity contribution < 1.29 is 27.6 Å². The molecule has 3 aromatic carbocycles. The third-order valence-electron chi connectivity index (χ3n) is 6.03. The summed E-state index contributed by atoms with van der Waals surface area (Å²) in [5.41, 5.74) is -1.000.